The van der Waals surface area contributed by atoms with E-state index in [-0.39, 0.29) is 0 Å². The molecule has 0 spiro atoms. The number of rotatable bonds is 2. The SMILES string of the molecule is c1ccc2c(c1)CCC[C@H]2[C@@H]1CCCN1c1ccc2nnnn2n1. The molecule has 0 N–H and O–H groups in total. The summed E-state index contributed by atoms with van der Waals surface area (Å²) in [7, 11) is 0. The third kappa shape index (κ3) is 2.17. The Hall–Kier alpha value is -2.50. The van der Waals surface area contributed by atoms with Crippen LogP contribution in [-0.4, -0.2) is 37.8 Å². The van der Waals surface area contributed by atoms with Crippen LogP contribution in [0.3, 0.4) is 0 Å². The highest BCUT2D eigenvalue weighted by Crippen LogP contribution is 2.40. The first-order valence-corrected chi connectivity index (χ1v) is 8.80. The first-order chi connectivity index (χ1) is 11.9. The Kier molecular flexibility index (Phi) is 3.21. The van der Waals surface area contributed by atoms with Crippen molar-refractivity contribution < 1.29 is 0 Å². The van der Waals surface area contributed by atoms with Crippen molar-refractivity contribution >= 4 is 11.5 Å². The highest BCUT2D eigenvalue weighted by molar-refractivity contribution is 5.47. The lowest BCUT2D eigenvalue weighted by molar-refractivity contribution is 0.458. The topological polar surface area (TPSA) is 59.2 Å². The average Bonchev–Trinajstić information content (AvgIpc) is 3.29. The molecule has 3 heterocycles. The minimum absolute atomic E-state index is 0.521. The highest BCUT2D eigenvalue weighted by atomic mass is 15.6. The van der Waals surface area contributed by atoms with Crippen LogP contribution in [0.5, 0.6) is 0 Å². The molecule has 0 amide bonds. The van der Waals surface area contributed by atoms with Gasteiger partial charge in [-0.3, -0.25) is 0 Å². The van der Waals surface area contributed by atoms with Gasteiger partial charge in [0, 0.05) is 18.5 Å². The largest absolute Gasteiger partial charge is 0.352 e. The maximum absolute atomic E-state index is 4.62. The van der Waals surface area contributed by atoms with Gasteiger partial charge in [0.25, 0.3) is 0 Å². The van der Waals surface area contributed by atoms with E-state index in [1.165, 1.54) is 42.3 Å². The molecule has 6 nitrogen and oxygen atoms in total. The minimum Gasteiger partial charge on any atom is -0.352 e. The number of aryl methyl sites for hydroxylation is 1. The summed E-state index contributed by atoms with van der Waals surface area (Å²) in [6.07, 6.45) is 6.22. The van der Waals surface area contributed by atoms with Crippen molar-refractivity contribution in [3.05, 3.63) is 47.5 Å². The molecule has 1 saturated heterocycles. The molecular weight excluding hydrogens is 300 g/mol. The van der Waals surface area contributed by atoms with Crippen LogP contribution in [0.25, 0.3) is 5.65 Å². The van der Waals surface area contributed by atoms with Crippen LogP contribution in [0.4, 0.5) is 5.82 Å². The normalized spacial score (nSPS) is 23.6. The molecule has 2 atom stereocenters. The van der Waals surface area contributed by atoms with Crippen molar-refractivity contribution in [2.45, 2.75) is 44.1 Å². The van der Waals surface area contributed by atoms with Crippen molar-refractivity contribution in [1.82, 2.24) is 25.3 Å². The molecule has 0 unspecified atom stereocenters. The molecule has 5 rings (SSSR count). The molecule has 1 aliphatic heterocycles. The first kappa shape index (κ1) is 13.9. The monoisotopic (exact) mass is 320 g/mol. The van der Waals surface area contributed by atoms with Gasteiger partial charge in [-0.05, 0) is 65.8 Å². The molecule has 1 fully saturated rings. The van der Waals surface area contributed by atoms with Crippen LogP contribution in [0.15, 0.2) is 36.4 Å². The molecule has 122 valence electrons. The van der Waals surface area contributed by atoms with Crippen molar-refractivity contribution in [2.24, 2.45) is 0 Å². The van der Waals surface area contributed by atoms with E-state index in [1.54, 1.807) is 5.56 Å². The average molecular weight is 320 g/mol. The van der Waals surface area contributed by atoms with Gasteiger partial charge in [-0.2, -0.15) is 0 Å². The Balaban J connectivity index is 1.51. The zero-order chi connectivity index (χ0) is 15.9. The summed E-state index contributed by atoms with van der Waals surface area (Å²) in [6.45, 7) is 1.06. The standard InChI is InChI=1S/C18H20N6/c1-2-7-14-13(5-1)6-3-8-15(14)16-9-4-12-23(16)18-11-10-17-19-21-22-24(17)20-18/h1-2,5,7,10-11,15-16H,3-4,6,8-9,12H2/t15-,16+/m1/s1. The molecule has 2 aromatic heterocycles. The zero-order valence-electron chi connectivity index (χ0n) is 13.5. The van der Waals surface area contributed by atoms with Gasteiger partial charge in [-0.15, -0.1) is 14.8 Å². The number of nitrogens with zero attached hydrogens (tertiary/aromatic N) is 6. The van der Waals surface area contributed by atoms with E-state index < -0.39 is 0 Å². The summed E-state index contributed by atoms with van der Waals surface area (Å²) < 4.78 is 1.53. The number of hydrogen-bond donors (Lipinski definition) is 0. The van der Waals surface area contributed by atoms with Gasteiger partial charge in [0.15, 0.2) is 11.5 Å². The second kappa shape index (κ2) is 5.54. The Morgan fingerprint density at radius 1 is 1.00 bits per heavy atom. The van der Waals surface area contributed by atoms with E-state index >= 15 is 0 Å². The predicted molar refractivity (Wildman–Crippen MR) is 91.1 cm³/mol. The third-order valence-electron chi connectivity index (χ3n) is 5.53. The molecule has 0 bridgehead atoms. The summed E-state index contributed by atoms with van der Waals surface area (Å²) >= 11 is 0. The third-order valence-corrected chi connectivity index (χ3v) is 5.53. The summed E-state index contributed by atoms with van der Waals surface area (Å²) in [5.41, 5.74) is 3.77. The Morgan fingerprint density at radius 3 is 2.96 bits per heavy atom. The number of tetrazole rings is 1. The van der Waals surface area contributed by atoms with Gasteiger partial charge in [0.1, 0.15) is 0 Å². The molecule has 24 heavy (non-hydrogen) atoms. The lowest BCUT2D eigenvalue weighted by atomic mass is 9.78. The van der Waals surface area contributed by atoms with Crippen LogP contribution in [0, 0.1) is 0 Å². The molecule has 2 aliphatic rings. The van der Waals surface area contributed by atoms with Crippen molar-refractivity contribution in [3.8, 4) is 0 Å². The molecule has 6 heteroatoms. The van der Waals surface area contributed by atoms with E-state index in [1.807, 2.05) is 6.07 Å². The van der Waals surface area contributed by atoms with Crippen LogP contribution >= 0.6 is 0 Å². The van der Waals surface area contributed by atoms with Gasteiger partial charge in [0.2, 0.25) is 0 Å². The smallest absolute Gasteiger partial charge is 0.200 e. The molecule has 3 aromatic rings. The van der Waals surface area contributed by atoms with Crippen molar-refractivity contribution in [3.63, 3.8) is 0 Å². The number of aromatic nitrogens is 5. The number of anilines is 1. The summed E-state index contributed by atoms with van der Waals surface area (Å²) in [5.74, 6) is 1.59. The van der Waals surface area contributed by atoms with Crippen molar-refractivity contribution in [2.75, 3.05) is 11.4 Å². The van der Waals surface area contributed by atoms with Gasteiger partial charge in [-0.1, -0.05) is 24.3 Å². The van der Waals surface area contributed by atoms with Gasteiger partial charge < -0.3 is 4.90 Å². The van der Waals surface area contributed by atoms with E-state index in [9.17, 15) is 0 Å². The maximum atomic E-state index is 4.62. The summed E-state index contributed by atoms with van der Waals surface area (Å²) in [4.78, 5) is 2.47. The second-order valence-electron chi connectivity index (χ2n) is 6.82. The molecular formula is C18H20N6. The van der Waals surface area contributed by atoms with Gasteiger partial charge >= 0.3 is 0 Å². The fourth-order valence-corrected chi connectivity index (χ4v) is 4.48. The second-order valence-corrected chi connectivity index (χ2v) is 6.82. The van der Waals surface area contributed by atoms with E-state index in [2.05, 4.69) is 55.9 Å². The molecule has 0 radical (unpaired) electrons. The fraction of sp³-hybridized carbons (Fsp3) is 0.444. The van der Waals surface area contributed by atoms with Gasteiger partial charge in [0.05, 0.1) is 0 Å². The highest BCUT2D eigenvalue weighted by Gasteiger charge is 2.35. The van der Waals surface area contributed by atoms with Crippen LogP contribution < -0.4 is 4.90 Å². The maximum Gasteiger partial charge on any atom is 0.200 e. The zero-order valence-corrected chi connectivity index (χ0v) is 13.5. The molecule has 1 aliphatic carbocycles. The number of benzene rings is 1. The lowest BCUT2D eigenvalue weighted by Crippen LogP contribution is -2.36. The Bertz CT molecular complexity index is 873. The fourth-order valence-electron chi connectivity index (χ4n) is 4.48. The van der Waals surface area contributed by atoms with Crippen LogP contribution in [0.1, 0.15) is 42.7 Å². The quantitative estimate of drug-likeness (QED) is 0.726. The molecule has 1 aromatic carbocycles. The summed E-state index contributed by atoms with van der Waals surface area (Å²) in [6, 6.07) is 13.5. The lowest BCUT2D eigenvalue weighted by Gasteiger charge is -2.36. The molecule has 0 saturated carbocycles. The van der Waals surface area contributed by atoms with E-state index in [4.69, 9.17) is 0 Å². The van der Waals surface area contributed by atoms with Crippen molar-refractivity contribution in [1.29, 1.82) is 0 Å². The summed E-state index contributed by atoms with van der Waals surface area (Å²) in [5, 5.41) is 16.2. The van der Waals surface area contributed by atoms with E-state index in [0.29, 0.717) is 17.6 Å². The number of hydrogen-bond acceptors (Lipinski definition) is 5. The van der Waals surface area contributed by atoms with E-state index in [0.717, 1.165) is 12.4 Å². The van der Waals surface area contributed by atoms with Gasteiger partial charge in [-0.25, -0.2) is 0 Å². The van der Waals surface area contributed by atoms with Crippen LogP contribution in [0.2, 0.25) is 0 Å². The first-order valence-electron chi connectivity index (χ1n) is 8.80. The minimum atomic E-state index is 0.521. The number of fused-ring (bicyclic) bond motifs is 2. The van der Waals surface area contributed by atoms with Crippen LogP contribution in [-0.2, 0) is 6.42 Å². The Morgan fingerprint density at radius 2 is 1.96 bits per heavy atom. The predicted octanol–water partition coefficient (Wildman–Crippen LogP) is 2.61. The Labute approximate surface area is 140 Å².